The Kier molecular flexibility index (Phi) is 8.54. The molecular weight excluding hydrogens is 572 g/mol. The zero-order chi connectivity index (χ0) is 31.3. The summed E-state index contributed by atoms with van der Waals surface area (Å²) in [5.74, 6) is 1.48. The summed E-state index contributed by atoms with van der Waals surface area (Å²) in [5.41, 5.74) is 3.24. The van der Waals surface area contributed by atoms with Crippen molar-refractivity contribution in [2.75, 3.05) is 26.2 Å². The summed E-state index contributed by atoms with van der Waals surface area (Å²) in [6, 6.07) is 21.3. The van der Waals surface area contributed by atoms with Crippen LogP contribution in [-0.2, 0) is 11.3 Å². The number of aromatic nitrogens is 5. The van der Waals surface area contributed by atoms with E-state index in [-0.39, 0.29) is 37.4 Å². The van der Waals surface area contributed by atoms with E-state index in [4.69, 9.17) is 14.8 Å². The van der Waals surface area contributed by atoms with Crippen LogP contribution in [0.4, 0.5) is 0 Å². The van der Waals surface area contributed by atoms with Crippen molar-refractivity contribution in [3.63, 3.8) is 0 Å². The molecule has 3 N–H and O–H groups in total. The van der Waals surface area contributed by atoms with Crippen LogP contribution in [-0.4, -0.2) is 73.6 Å². The van der Waals surface area contributed by atoms with Gasteiger partial charge in [0.05, 0.1) is 30.2 Å². The summed E-state index contributed by atoms with van der Waals surface area (Å²) in [6.45, 7) is 4.69. The van der Waals surface area contributed by atoms with Crippen molar-refractivity contribution < 1.29 is 19.1 Å². The lowest BCUT2D eigenvalue weighted by Crippen LogP contribution is -2.43. The van der Waals surface area contributed by atoms with E-state index in [1.165, 1.54) is 4.90 Å². The minimum Gasteiger partial charge on any atom is -0.492 e. The molecule has 12 nitrogen and oxygen atoms in total. The molecule has 230 valence electrons. The number of benzene rings is 3. The number of aryl methyl sites for hydroxylation is 1. The summed E-state index contributed by atoms with van der Waals surface area (Å²) < 4.78 is 7.69. The van der Waals surface area contributed by atoms with Crippen molar-refractivity contribution in [3.8, 4) is 17.1 Å². The van der Waals surface area contributed by atoms with E-state index in [9.17, 15) is 14.4 Å². The van der Waals surface area contributed by atoms with Gasteiger partial charge in [-0.3, -0.25) is 14.4 Å². The summed E-state index contributed by atoms with van der Waals surface area (Å²) >= 11 is 0. The number of nitrogens with one attached hydrogen (secondary N) is 3. The molecule has 2 bridgehead atoms. The minimum atomic E-state index is -0.509. The molecule has 0 aliphatic carbocycles. The second-order valence-electron chi connectivity index (χ2n) is 10.9. The Hall–Kier alpha value is -5.52. The summed E-state index contributed by atoms with van der Waals surface area (Å²) in [6.07, 6.45) is 0.441. The summed E-state index contributed by atoms with van der Waals surface area (Å²) in [4.78, 5) is 53.9. The molecule has 0 radical (unpaired) electrons. The molecule has 1 aliphatic heterocycles. The van der Waals surface area contributed by atoms with Crippen LogP contribution in [0.1, 0.15) is 51.8 Å². The lowest BCUT2D eigenvalue weighted by atomic mass is 10.1. The first-order valence-corrected chi connectivity index (χ1v) is 14.9. The van der Waals surface area contributed by atoms with Crippen LogP contribution in [0.2, 0.25) is 0 Å². The van der Waals surface area contributed by atoms with Crippen LogP contribution in [0.3, 0.4) is 0 Å². The van der Waals surface area contributed by atoms with Gasteiger partial charge in [-0.25, -0.2) is 14.6 Å². The fraction of sp³-hybridized carbons (Fsp3) is 0.273. The average Bonchev–Trinajstić information content (AvgIpc) is 3.64. The zero-order valence-corrected chi connectivity index (χ0v) is 25.1. The molecule has 45 heavy (non-hydrogen) atoms. The second-order valence-corrected chi connectivity index (χ2v) is 10.9. The van der Waals surface area contributed by atoms with Crippen molar-refractivity contribution in [2.24, 2.45) is 0 Å². The lowest BCUT2D eigenvalue weighted by Gasteiger charge is -2.24. The summed E-state index contributed by atoms with van der Waals surface area (Å²) in [5, 5.41) is 10.6. The second kappa shape index (κ2) is 13.0. The Morgan fingerprint density at radius 2 is 1.78 bits per heavy atom. The molecular formula is C33H34N8O4. The summed E-state index contributed by atoms with van der Waals surface area (Å²) in [7, 11) is 0. The van der Waals surface area contributed by atoms with Gasteiger partial charge in [0.25, 0.3) is 11.8 Å². The number of carbonyl (C=O) groups is 3. The SMILES string of the molecule is Cc1nc2ccc(C(=O)N3CCCNC(=O)c4cccc(c4)OCCn4nc(-c5ccccc5)nc4[C@H](C)NC(=O)C3)cc2[nH]1. The van der Waals surface area contributed by atoms with Gasteiger partial charge in [-0.15, -0.1) is 0 Å². The Labute approximate surface area is 259 Å². The standard InChI is InChI=1S/C33H34N8O4/c1-21-31-38-30(23-8-4-3-5-9-23)39-41(31)16-17-45-26-11-6-10-24(18-26)32(43)34-14-7-15-40(20-29(42)35-21)33(44)25-12-13-27-28(19-25)37-22(2)36-27/h3-6,8-13,18-19,21H,7,14-17,20H2,1-2H3,(H,34,43)(H,35,42)(H,36,37)/t21-/m0/s1. The van der Waals surface area contributed by atoms with E-state index in [1.54, 1.807) is 47.1 Å². The number of imidazole rings is 1. The first-order valence-electron chi connectivity index (χ1n) is 14.9. The minimum absolute atomic E-state index is 0.179. The molecule has 1 aliphatic rings. The largest absolute Gasteiger partial charge is 0.492 e. The highest BCUT2D eigenvalue weighted by Gasteiger charge is 2.24. The van der Waals surface area contributed by atoms with E-state index < -0.39 is 6.04 Å². The Bertz CT molecular complexity index is 1850. The van der Waals surface area contributed by atoms with Crippen molar-refractivity contribution in [1.29, 1.82) is 0 Å². The van der Waals surface area contributed by atoms with Gasteiger partial charge in [-0.2, -0.15) is 5.10 Å². The van der Waals surface area contributed by atoms with Crippen LogP contribution in [0.15, 0.2) is 72.8 Å². The van der Waals surface area contributed by atoms with Gasteiger partial charge >= 0.3 is 0 Å². The maximum Gasteiger partial charge on any atom is 0.254 e. The van der Waals surface area contributed by atoms with Gasteiger partial charge < -0.3 is 25.3 Å². The van der Waals surface area contributed by atoms with Gasteiger partial charge in [-0.05, 0) is 56.7 Å². The van der Waals surface area contributed by atoms with Crippen LogP contribution in [0.25, 0.3) is 22.4 Å². The topological polar surface area (TPSA) is 147 Å². The number of hydrogen-bond donors (Lipinski definition) is 3. The maximum atomic E-state index is 13.7. The molecule has 6 rings (SSSR count). The lowest BCUT2D eigenvalue weighted by molar-refractivity contribution is -0.122. The van der Waals surface area contributed by atoms with E-state index in [0.29, 0.717) is 48.0 Å². The highest BCUT2D eigenvalue weighted by molar-refractivity contribution is 5.99. The third-order valence-electron chi connectivity index (χ3n) is 7.52. The van der Waals surface area contributed by atoms with E-state index in [0.717, 1.165) is 22.4 Å². The predicted molar refractivity (Wildman–Crippen MR) is 168 cm³/mol. The number of amides is 3. The molecule has 2 aromatic heterocycles. The maximum absolute atomic E-state index is 13.7. The van der Waals surface area contributed by atoms with Crippen molar-refractivity contribution in [1.82, 2.24) is 40.3 Å². The van der Waals surface area contributed by atoms with Crippen molar-refractivity contribution in [2.45, 2.75) is 32.9 Å². The normalized spacial score (nSPS) is 16.6. The fourth-order valence-electron chi connectivity index (χ4n) is 5.33. The first-order chi connectivity index (χ1) is 21.8. The number of nitrogens with zero attached hydrogens (tertiary/aromatic N) is 5. The van der Waals surface area contributed by atoms with E-state index >= 15 is 0 Å². The molecule has 0 saturated heterocycles. The average molecular weight is 607 g/mol. The molecule has 0 fully saturated rings. The van der Waals surface area contributed by atoms with Crippen LogP contribution < -0.4 is 15.4 Å². The molecule has 3 amide bonds. The number of ether oxygens (including phenoxy) is 1. The molecule has 3 aromatic carbocycles. The number of H-pyrrole nitrogens is 1. The highest BCUT2D eigenvalue weighted by atomic mass is 16.5. The number of fused-ring (bicyclic) bond motifs is 4. The van der Waals surface area contributed by atoms with Crippen molar-refractivity contribution >= 4 is 28.8 Å². The monoisotopic (exact) mass is 606 g/mol. The van der Waals surface area contributed by atoms with Gasteiger partial charge in [0.2, 0.25) is 5.91 Å². The fourth-order valence-corrected chi connectivity index (χ4v) is 5.33. The molecule has 5 aromatic rings. The number of rotatable bonds is 2. The van der Waals surface area contributed by atoms with Crippen LogP contribution in [0, 0.1) is 6.92 Å². The smallest absolute Gasteiger partial charge is 0.254 e. The Morgan fingerprint density at radius 3 is 2.62 bits per heavy atom. The molecule has 0 unspecified atom stereocenters. The molecule has 1 atom stereocenters. The third kappa shape index (κ3) is 6.85. The number of hydrogen-bond acceptors (Lipinski definition) is 7. The number of aromatic amines is 1. The van der Waals surface area contributed by atoms with Crippen LogP contribution >= 0.6 is 0 Å². The molecule has 3 heterocycles. The Balaban J connectivity index is 1.29. The van der Waals surface area contributed by atoms with Crippen molar-refractivity contribution in [3.05, 3.63) is 95.6 Å². The first kappa shape index (κ1) is 29.5. The van der Waals surface area contributed by atoms with E-state index in [1.807, 2.05) is 44.2 Å². The van der Waals surface area contributed by atoms with Gasteiger partial charge in [0, 0.05) is 29.8 Å². The van der Waals surface area contributed by atoms with Gasteiger partial charge in [0.15, 0.2) is 5.82 Å². The van der Waals surface area contributed by atoms with Gasteiger partial charge in [-0.1, -0.05) is 36.4 Å². The highest BCUT2D eigenvalue weighted by Crippen LogP contribution is 2.20. The van der Waals surface area contributed by atoms with Crippen LogP contribution in [0.5, 0.6) is 5.75 Å². The third-order valence-corrected chi connectivity index (χ3v) is 7.52. The number of carbonyl (C=O) groups excluding carboxylic acids is 3. The molecule has 0 spiro atoms. The van der Waals surface area contributed by atoms with Gasteiger partial charge in [0.1, 0.15) is 24.0 Å². The molecule has 0 saturated carbocycles. The quantitative estimate of drug-likeness (QED) is 0.278. The zero-order valence-electron chi connectivity index (χ0n) is 25.1. The molecule has 12 heteroatoms. The Morgan fingerprint density at radius 1 is 0.956 bits per heavy atom. The van der Waals surface area contributed by atoms with E-state index in [2.05, 4.69) is 20.6 Å². The predicted octanol–water partition coefficient (Wildman–Crippen LogP) is 3.66.